The van der Waals surface area contributed by atoms with Crippen molar-refractivity contribution < 1.29 is 4.74 Å². The minimum absolute atomic E-state index is 0.646. The molecule has 0 saturated carbocycles. The van der Waals surface area contributed by atoms with Crippen LogP contribution >= 0.6 is 0 Å². The van der Waals surface area contributed by atoms with Crippen LogP contribution in [0.2, 0.25) is 0 Å². The quantitative estimate of drug-likeness (QED) is 0.757. The van der Waals surface area contributed by atoms with E-state index in [1.165, 1.54) is 0 Å². The van der Waals surface area contributed by atoms with Crippen molar-refractivity contribution in [1.29, 1.82) is 0 Å². The van der Waals surface area contributed by atoms with E-state index in [4.69, 9.17) is 4.74 Å². The van der Waals surface area contributed by atoms with Gasteiger partial charge in [-0.15, -0.1) is 0 Å². The van der Waals surface area contributed by atoms with Crippen molar-refractivity contribution in [3.8, 4) is 5.69 Å². The Bertz CT molecular complexity index is 442. The number of rotatable bonds is 6. The Balaban J connectivity index is 2.02. The summed E-state index contributed by atoms with van der Waals surface area (Å²) >= 11 is 0. The van der Waals surface area contributed by atoms with Crippen LogP contribution in [-0.2, 0) is 4.74 Å². The Labute approximate surface area is 99.6 Å². The summed E-state index contributed by atoms with van der Waals surface area (Å²) in [5, 5.41) is 14.7. The molecule has 0 radical (unpaired) electrons. The van der Waals surface area contributed by atoms with Gasteiger partial charge in [-0.1, -0.05) is 23.3 Å². The van der Waals surface area contributed by atoms with Crippen molar-refractivity contribution in [2.75, 3.05) is 25.6 Å². The van der Waals surface area contributed by atoms with Crippen LogP contribution in [0.25, 0.3) is 5.69 Å². The zero-order valence-corrected chi connectivity index (χ0v) is 9.71. The Morgan fingerprint density at radius 2 is 2.12 bits per heavy atom. The van der Waals surface area contributed by atoms with Crippen LogP contribution in [0, 0.1) is 0 Å². The fourth-order valence-corrected chi connectivity index (χ4v) is 1.46. The Morgan fingerprint density at radius 1 is 1.29 bits per heavy atom. The molecule has 0 bridgehead atoms. The number of tetrazole rings is 1. The van der Waals surface area contributed by atoms with E-state index in [2.05, 4.69) is 20.8 Å². The number of anilines is 1. The lowest BCUT2D eigenvalue weighted by molar-refractivity contribution is 0.197. The molecule has 2 rings (SSSR count). The molecular formula is C11H15N5O. The van der Waals surface area contributed by atoms with E-state index < -0.39 is 0 Å². The number of methoxy groups -OCH3 is 1. The number of benzene rings is 1. The third kappa shape index (κ3) is 3.01. The maximum absolute atomic E-state index is 4.98. The number of hydrogen-bond donors (Lipinski definition) is 1. The van der Waals surface area contributed by atoms with E-state index in [0.29, 0.717) is 5.95 Å². The monoisotopic (exact) mass is 233 g/mol. The van der Waals surface area contributed by atoms with Crippen LogP contribution in [-0.4, -0.2) is 40.5 Å². The summed E-state index contributed by atoms with van der Waals surface area (Å²) in [5.74, 6) is 0.646. The van der Waals surface area contributed by atoms with Gasteiger partial charge in [0.15, 0.2) is 0 Å². The maximum Gasteiger partial charge on any atom is 0.247 e. The molecule has 0 aliphatic rings. The van der Waals surface area contributed by atoms with Crippen molar-refractivity contribution in [2.24, 2.45) is 0 Å². The van der Waals surface area contributed by atoms with Gasteiger partial charge in [0.05, 0.1) is 5.69 Å². The Kier molecular flexibility index (Phi) is 4.04. The van der Waals surface area contributed by atoms with E-state index >= 15 is 0 Å². The van der Waals surface area contributed by atoms with Gasteiger partial charge < -0.3 is 10.1 Å². The molecule has 1 N–H and O–H groups in total. The largest absolute Gasteiger partial charge is 0.385 e. The van der Waals surface area contributed by atoms with E-state index in [1.807, 2.05) is 30.3 Å². The smallest absolute Gasteiger partial charge is 0.247 e. The van der Waals surface area contributed by atoms with Crippen molar-refractivity contribution in [2.45, 2.75) is 6.42 Å². The first-order valence-electron chi connectivity index (χ1n) is 5.48. The molecule has 0 spiro atoms. The number of nitrogens with one attached hydrogen (secondary N) is 1. The zero-order valence-electron chi connectivity index (χ0n) is 9.71. The molecule has 1 aromatic heterocycles. The van der Waals surface area contributed by atoms with Gasteiger partial charge in [-0.2, -0.15) is 4.68 Å². The highest BCUT2D eigenvalue weighted by Crippen LogP contribution is 2.10. The average Bonchev–Trinajstić information content (AvgIpc) is 2.84. The van der Waals surface area contributed by atoms with Gasteiger partial charge in [0.2, 0.25) is 5.95 Å². The van der Waals surface area contributed by atoms with Gasteiger partial charge in [-0.25, -0.2) is 0 Å². The molecule has 0 aliphatic carbocycles. The summed E-state index contributed by atoms with van der Waals surface area (Å²) < 4.78 is 6.65. The van der Waals surface area contributed by atoms with Crippen LogP contribution in [0.4, 0.5) is 5.95 Å². The molecular weight excluding hydrogens is 218 g/mol. The minimum atomic E-state index is 0.646. The molecule has 6 nitrogen and oxygen atoms in total. The summed E-state index contributed by atoms with van der Waals surface area (Å²) in [5.41, 5.74) is 0.937. The fraction of sp³-hybridized carbons (Fsp3) is 0.364. The van der Waals surface area contributed by atoms with E-state index in [0.717, 1.165) is 25.3 Å². The number of aromatic nitrogens is 4. The number of ether oxygens (including phenoxy) is 1. The summed E-state index contributed by atoms with van der Waals surface area (Å²) in [6.45, 7) is 1.50. The van der Waals surface area contributed by atoms with Crippen molar-refractivity contribution in [3.05, 3.63) is 30.3 Å². The first-order chi connectivity index (χ1) is 8.42. The van der Waals surface area contributed by atoms with E-state index in [-0.39, 0.29) is 0 Å². The van der Waals surface area contributed by atoms with Gasteiger partial charge in [0.25, 0.3) is 0 Å². The normalized spacial score (nSPS) is 10.4. The summed E-state index contributed by atoms with van der Waals surface area (Å²) in [7, 11) is 1.69. The molecule has 90 valence electrons. The molecule has 17 heavy (non-hydrogen) atoms. The molecule has 2 aromatic rings. The van der Waals surface area contributed by atoms with E-state index in [9.17, 15) is 0 Å². The average molecular weight is 233 g/mol. The molecule has 1 aromatic carbocycles. The topological polar surface area (TPSA) is 64.9 Å². The van der Waals surface area contributed by atoms with Gasteiger partial charge >= 0.3 is 0 Å². The van der Waals surface area contributed by atoms with Crippen LogP contribution < -0.4 is 5.32 Å². The fourth-order valence-electron chi connectivity index (χ4n) is 1.46. The van der Waals surface area contributed by atoms with Crippen LogP contribution in [0.5, 0.6) is 0 Å². The zero-order chi connectivity index (χ0) is 11.9. The lowest BCUT2D eigenvalue weighted by atomic mass is 10.3. The molecule has 0 unspecified atom stereocenters. The van der Waals surface area contributed by atoms with Crippen molar-refractivity contribution in [1.82, 2.24) is 20.2 Å². The number of para-hydroxylation sites is 1. The SMILES string of the molecule is COCCCNc1nnnn1-c1ccccc1. The van der Waals surface area contributed by atoms with Crippen LogP contribution in [0.1, 0.15) is 6.42 Å². The summed E-state index contributed by atoms with van der Waals surface area (Å²) in [6, 6.07) is 9.77. The van der Waals surface area contributed by atoms with Crippen LogP contribution in [0.15, 0.2) is 30.3 Å². The van der Waals surface area contributed by atoms with Crippen molar-refractivity contribution in [3.63, 3.8) is 0 Å². The number of nitrogens with zero attached hydrogens (tertiary/aromatic N) is 4. The summed E-state index contributed by atoms with van der Waals surface area (Å²) in [4.78, 5) is 0. The van der Waals surface area contributed by atoms with Gasteiger partial charge in [-0.05, 0) is 29.0 Å². The highest BCUT2D eigenvalue weighted by atomic mass is 16.5. The van der Waals surface area contributed by atoms with Crippen molar-refractivity contribution >= 4 is 5.95 Å². The minimum Gasteiger partial charge on any atom is -0.385 e. The molecule has 0 aliphatic heterocycles. The van der Waals surface area contributed by atoms with Gasteiger partial charge in [0, 0.05) is 20.3 Å². The Morgan fingerprint density at radius 3 is 2.88 bits per heavy atom. The molecule has 6 heteroatoms. The third-order valence-corrected chi connectivity index (χ3v) is 2.28. The van der Waals surface area contributed by atoms with Crippen LogP contribution in [0.3, 0.4) is 0 Å². The lowest BCUT2D eigenvalue weighted by Crippen LogP contribution is -2.10. The second-order valence-electron chi connectivity index (χ2n) is 3.52. The predicted octanol–water partition coefficient (Wildman–Crippen LogP) is 1.11. The molecule has 0 atom stereocenters. The van der Waals surface area contributed by atoms with E-state index in [1.54, 1.807) is 11.8 Å². The molecule has 0 amide bonds. The summed E-state index contributed by atoms with van der Waals surface area (Å²) in [6.07, 6.45) is 0.915. The van der Waals surface area contributed by atoms with Gasteiger partial charge in [-0.3, -0.25) is 0 Å². The first kappa shape index (κ1) is 11.5. The second kappa shape index (κ2) is 5.95. The predicted molar refractivity (Wildman–Crippen MR) is 64.1 cm³/mol. The Hall–Kier alpha value is -1.95. The number of hydrogen-bond acceptors (Lipinski definition) is 5. The highest BCUT2D eigenvalue weighted by Gasteiger charge is 2.06. The lowest BCUT2D eigenvalue weighted by Gasteiger charge is -2.06. The maximum atomic E-state index is 4.98. The third-order valence-electron chi connectivity index (χ3n) is 2.28. The van der Waals surface area contributed by atoms with Gasteiger partial charge in [0.1, 0.15) is 0 Å². The second-order valence-corrected chi connectivity index (χ2v) is 3.52. The first-order valence-corrected chi connectivity index (χ1v) is 5.48. The molecule has 0 saturated heterocycles. The molecule has 0 fully saturated rings. The highest BCUT2D eigenvalue weighted by molar-refractivity contribution is 5.38. The molecule has 1 heterocycles. The standard InChI is InChI=1S/C11H15N5O/c1-17-9-5-8-12-11-13-14-15-16(11)10-6-3-2-4-7-10/h2-4,6-7H,5,8-9H2,1H3,(H,12,13,15).